The maximum absolute atomic E-state index is 11.4. The third-order valence-corrected chi connectivity index (χ3v) is 3.21. The largest absolute Gasteiger partial charge is 0.367 e. The zero-order chi connectivity index (χ0) is 14.7. The molecule has 0 radical (unpaired) electrons. The molecule has 2 N–H and O–H groups in total. The summed E-state index contributed by atoms with van der Waals surface area (Å²) < 4.78 is 0. The summed E-state index contributed by atoms with van der Waals surface area (Å²) in [6.07, 6.45) is 2.31. The third-order valence-electron chi connectivity index (χ3n) is 3.21. The minimum Gasteiger partial charge on any atom is -0.367 e. The second kappa shape index (κ2) is 5.68. The fourth-order valence-electron chi connectivity index (χ4n) is 2.16. The van der Waals surface area contributed by atoms with Gasteiger partial charge in [-0.2, -0.15) is 0 Å². The van der Waals surface area contributed by atoms with Gasteiger partial charge in [0.1, 0.15) is 6.33 Å². The Morgan fingerprint density at radius 1 is 1.45 bits per heavy atom. The summed E-state index contributed by atoms with van der Waals surface area (Å²) in [5.41, 5.74) is -0.186. The van der Waals surface area contributed by atoms with Crippen LogP contribution in [0, 0.1) is 10.1 Å². The van der Waals surface area contributed by atoms with Crippen molar-refractivity contribution in [3.05, 3.63) is 16.4 Å². The third kappa shape index (κ3) is 2.76. The SMILES string of the molecule is CNc1ncnc(NC2CCC(=O)N(C)C2)c1[N+](=O)[O-]. The number of carbonyl (C=O) groups excluding carboxylic acids is 1. The van der Waals surface area contributed by atoms with Crippen LogP contribution in [0.4, 0.5) is 17.3 Å². The first-order valence-corrected chi connectivity index (χ1v) is 6.20. The molecule has 2 rings (SSSR count). The highest BCUT2D eigenvalue weighted by atomic mass is 16.6. The smallest absolute Gasteiger partial charge is 0.353 e. The van der Waals surface area contributed by atoms with Gasteiger partial charge in [-0.05, 0) is 6.42 Å². The Labute approximate surface area is 115 Å². The molecule has 1 atom stereocenters. The number of amides is 1. The first-order chi connectivity index (χ1) is 9.52. The average Bonchev–Trinajstić information content (AvgIpc) is 2.42. The lowest BCUT2D eigenvalue weighted by Gasteiger charge is -2.30. The minimum absolute atomic E-state index is 0.0593. The molecule has 0 saturated carbocycles. The van der Waals surface area contributed by atoms with Crippen LogP contribution < -0.4 is 10.6 Å². The number of likely N-dealkylation sites (tertiary alicyclic amines) is 1. The highest BCUT2D eigenvalue weighted by Gasteiger charge is 2.27. The van der Waals surface area contributed by atoms with Gasteiger partial charge in [0.25, 0.3) is 0 Å². The summed E-state index contributed by atoms with van der Waals surface area (Å²) in [6, 6.07) is -0.0593. The van der Waals surface area contributed by atoms with Gasteiger partial charge in [-0.3, -0.25) is 14.9 Å². The number of aromatic nitrogens is 2. The topological polar surface area (TPSA) is 113 Å². The molecule has 1 aromatic heterocycles. The Morgan fingerprint density at radius 3 is 2.75 bits per heavy atom. The van der Waals surface area contributed by atoms with Gasteiger partial charge in [0, 0.05) is 33.1 Å². The molecule has 1 saturated heterocycles. The lowest BCUT2D eigenvalue weighted by Crippen LogP contribution is -2.43. The summed E-state index contributed by atoms with van der Waals surface area (Å²) >= 11 is 0. The van der Waals surface area contributed by atoms with E-state index in [1.54, 1.807) is 19.0 Å². The van der Waals surface area contributed by atoms with Crippen LogP contribution in [0.3, 0.4) is 0 Å². The molecule has 20 heavy (non-hydrogen) atoms. The van der Waals surface area contributed by atoms with Gasteiger partial charge in [0.05, 0.1) is 4.92 Å². The minimum atomic E-state index is -0.522. The van der Waals surface area contributed by atoms with E-state index in [0.29, 0.717) is 19.4 Å². The van der Waals surface area contributed by atoms with E-state index < -0.39 is 4.92 Å². The zero-order valence-corrected chi connectivity index (χ0v) is 11.3. The van der Waals surface area contributed by atoms with Crippen molar-refractivity contribution in [2.24, 2.45) is 0 Å². The molecular formula is C11H16N6O3. The Hall–Kier alpha value is -2.45. The highest BCUT2D eigenvalue weighted by Crippen LogP contribution is 2.29. The lowest BCUT2D eigenvalue weighted by molar-refractivity contribution is -0.383. The Morgan fingerprint density at radius 2 is 2.15 bits per heavy atom. The molecule has 1 amide bonds. The van der Waals surface area contributed by atoms with Crippen LogP contribution in [0.25, 0.3) is 0 Å². The molecule has 1 aromatic rings. The first kappa shape index (κ1) is 14.0. The van der Waals surface area contributed by atoms with Crippen molar-refractivity contribution in [2.75, 3.05) is 31.3 Å². The monoisotopic (exact) mass is 280 g/mol. The molecule has 0 bridgehead atoms. The van der Waals surface area contributed by atoms with Crippen LogP contribution in [-0.4, -0.2) is 52.4 Å². The van der Waals surface area contributed by atoms with Crippen molar-refractivity contribution in [1.29, 1.82) is 0 Å². The van der Waals surface area contributed by atoms with E-state index in [1.165, 1.54) is 6.33 Å². The van der Waals surface area contributed by atoms with E-state index in [1.807, 2.05) is 0 Å². The molecule has 2 heterocycles. The molecule has 1 aliphatic heterocycles. The van der Waals surface area contributed by atoms with E-state index >= 15 is 0 Å². The standard InChI is InChI=1S/C11H16N6O3/c1-12-10-9(17(19)20)11(14-6-13-10)15-7-3-4-8(18)16(2)5-7/h6-7H,3-5H2,1-2H3,(H2,12,13,14,15). The number of piperidine rings is 1. The summed E-state index contributed by atoms with van der Waals surface area (Å²) in [7, 11) is 3.27. The van der Waals surface area contributed by atoms with Gasteiger partial charge in [-0.1, -0.05) is 0 Å². The van der Waals surface area contributed by atoms with Gasteiger partial charge in [-0.25, -0.2) is 9.97 Å². The van der Waals surface area contributed by atoms with Gasteiger partial charge >= 0.3 is 5.69 Å². The van der Waals surface area contributed by atoms with E-state index in [2.05, 4.69) is 20.6 Å². The molecule has 0 spiro atoms. The van der Waals surface area contributed by atoms with E-state index in [0.717, 1.165) is 0 Å². The van der Waals surface area contributed by atoms with Crippen molar-refractivity contribution in [3.63, 3.8) is 0 Å². The second-order valence-corrected chi connectivity index (χ2v) is 4.58. The normalized spacial score (nSPS) is 18.8. The summed E-state index contributed by atoms with van der Waals surface area (Å²) in [5, 5.41) is 16.8. The van der Waals surface area contributed by atoms with Crippen molar-refractivity contribution < 1.29 is 9.72 Å². The lowest BCUT2D eigenvalue weighted by atomic mass is 10.1. The van der Waals surface area contributed by atoms with Crippen LogP contribution >= 0.6 is 0 Å². The number of nitro groups is 1. The molecular weight excluding hydrogens is 264 g/mol. The fraction of sp³-hybridized carbons (Fsp3) is 0.545. The molecule has 9 heteroatoms. The number of nitrogens with zero attached hydrogens (tertiary/aromatic N) is 4. The number of anilines is 2. The summed E-state index contributed by atoms with van der Waals surface area (Å²) in [5.74, 6) is 0.408. The predicted molar refractivity (Wildman–Crippen MR) is 72.5 cm³/mol. The maximum Gasteiger partial charge on any atom is 0.353 e. The van der Waals surface area contributed by atoms with Crippen LogP contribution in [0.5, 0.6) is 0 Å². The molecule has 1 unspecified atom stereocenters. The van der Waals surface area contributed by atoms with E-state index in [-0.39, 0.29) is 29.3 Å². The number of carbonyl (C=O) groups is 1. The van der Waals surface area contributed by atoms with E-state index in [4.69, 9.17) is 0 Å². The Kier molecular flexibility index (Phi) is 3.97. The summed E-state index contributed by atoms with van der Waals surface area (Å²) in [4.78, 5) is 31.4. The predicted octanol–water partition coefficient (Wildman–Crippen LogP) is 0.459. The number of hydrogen-bond acceptors (Lipinski definition) is 7. The number of nitrogens with one attached hydrogen (secondary N) is 2. The quantitative estimate of drug-likeness (QED) is 0.608. The van der Waals surface area contributed by atoms with E-state index in [9.17, 15) is 14.9 Å². The number of hydrogen-bond donors (Lipinski definition) is 2. The van der Waals surface area contributed by atoms with Crippen LogP contribution in [0.15, 0.2) is 6.33 Å². The maximum atomic E-state index is 11.4. The van der Waals surface area contributed by atoms with Crippen LogP contribution in [0.1, 0.15) is 12.8 Å². The van der Waals surface area contributed by atoms with Crippen molar-refractivity contribution in [1.82, 2.24) is 14.9 Å². The molecule has 9 nitrogen and oxygen atoms in total. The van der Waals surface area contributed by atoms with Gasteiger partial charge in [0.2, 0.25) is 17.5 Å². The van der Waals surface area contributed by atoms with Crippen molar-refractivity contribution in [2.45, 2.75) is 18.9 Å². The van der Waals surface area contributed by atoms with Gasteiger partial charge in [-0.15, -0.1) is 0 Å². The number of rotatable bonds is 4. The molecule has 1 aliphatic rings. The van der Waals surface area contributed by atoms with Crippen LogP contribution in [-0.2, 0) is 4.79 Å². The number of likely N-dealkylation sites (N-methyl/N-ethyl adjacent to an activating group) is 1. The molecule has 1 fully saturated rings. The van der Waals surface area contributed by atoms with Gasteiger partial charge in [0.15, 0.2) is 0 Å². The first-order valence-electron chi connectivity index (χ1n) is 6.20. The van der Waals surface area contributed by atoms with Gasteiger partial charge < -0.3 is 15.5 Å². The van der Waals surface area contributed by atoms with Crippen molar-refractivity contribution in [3.8, 4) is 0 Å². The highest BCUT2D eigenvalue weighted by molar-refractivity contribution is 5.77. The molecule has 0 aromatic carbocycles. The average molecular weight is 280 g/mol. The van der Waals surface area contributed by atoms with Crippen LogP contribution in [0.2, 0.25) is 0 Å². The Balaban J connectivity index is 2.21. The molecule has 0 aliphatic carbocycles. The summed E-state index contributed by atoms with van der Waals surface area (Å²) in [6.45, 7) is 0.495. The Bertz CT molecular complexity index is 535. The second-order valence-electron chi connectivity index (χ2n) is 4.58. The molecule has 108 valence electrons. The zero-order valence-electron chi connectivity index (χ0n) is 11.3. The fourth-order valence-corrected chi connectivity index (χ4v) is 2.16. The van der Waals surface area contributed by atoms with Crippen molar-refractivity contribution >= 4 is 23.2 Å².